The molecule has 3 heterocycles. The van der Waals surface area contributed by atoms with E-state index in [0.717, 1.165) is 12.1 Å². The fourth-order valence-corrected chi connectivity index (χ4v) is 3.56. The predicted octanol–water partition coefficient (Wildman–Crippen LogP) is 4.51. The van der Waals surface area contributed by atoms with Crippen molar-refractivity contribution in [3.63, 3.8) is 0 Å². The number of phenolic OH excluding ortho intramolecular Hbond substituents is 1. The Hall–Kier alpha value is -4.01. The van der Waals surface area contributed by atoms with Gasteiger partial charge >= 0.3 is 0 Å². The molecule has 158 valence electrons. The summed E-state index contributed by atoms with van der Waals surface area (Å²) in [6.45, 7) is 0.892. The molecule has 0 unspecified atom stereocenters. The van der Waals surface area contributed by atoms with Crippen molar-refractivity contribution in [1.82, 2.24) is 9.38 Å². The highest BCUT2D eigenvalue weighted by Gasteiger charge is 2.24. The van der Waals surface area contributed by atoms with Gasteiger partial charge in [0.25, 0.3) is 0 Å². The predicted molar refractivity (Wildman–Crippen MR) is 109 cm³/mol. The topological polar surface area (TPSA) is 77.2 Å². The Balaban J connectivity index is 1.72. The maximum absolute atomic E-state index is 14.7. The zero-order chi connectivity index (χ0) is 21.5. The first-order chi connectivity index (χ1) is 15.0. The van der Waals surface area contributed by atoms with Crippen LogP contribution in [0.25, 0.3) is 16.9 Å². The van der Waals surface area contributed by atoms with Gasteiger partial charge in [0.15, 0.2) is 11.5 Å². The van der Waals surface area contributed by atoms with Crippen LogP contribution in [0.1, 0.15) is 0 Å². The molecule has 2 N–H and O–H groups in total. The number of rotatable bonds is 4. The van der Waals surface area contributed by atoms with Gasteiger partial charge in [0, 0.05) is 23.9 Å². The SMILES string of the molecule is COc1cccc2nc(-c3c(F)cc(O)cc3F)c(Nc3ccc4c(c3)OCCO4)n12. The Kier molecular flexibility index (Phi) is 4.50. The molecule has 0 amide bonds. The van der Waals surface area contributed by atoms with Crippen LogP contribution in [0.3, 0.4) is 0 Å². The Labute approximate surface area is 175 Å². The lowest BCUT2D eigenvalue weighted by Gasteiger charge is -2.19. The lowest BCUT2D eigenvalue weighted by molar-refractivity contribution is 0.171. The molecule has 0 saturated carbocycles. The van der Waals surface area contributed by atoms with Gasteiger partial charge in [-0.25, -0.2) is 18.2 Å². The number of nitrogens with one attached hydrogen (secondary N) is 1. The van der Waals surface area contributed by atoms with E-state index in [2.05, 4.69) is 10.3 Å². The van der Waals surface area contributed by atoms with E-state index >= 15 is 0 Å². The van der Waals surface area contributed by atoms with Crippen LogP contribution in [0.15, 0.2) is 48.5 Å². The fraction of sp³-hybridized carbons (Fsp3) is 0.136. The summed E-state index contributed by atoms with van der Waals surface area (Å²) in [4.78, 5) is 4.43. The maximum Gasteiger partial charge on any atom is 0.200 e. The molecule has 0 atom stereocenters. The van der Waals surface area contributed by atoms with E-state index in [4.69, 9.17) is 14.2 Å². The minimum Gasteiger partial charge on any atom is -0.508 e. The molecule has 0 radical (unpaired) electrons. The van der Waals surface area contributed by atoms with Crippen molar-refractivity contribution in [3.8, 4) is 34.4 Å². The Morgan fingerprint density at radius 1 is 1.03 bits per heavy atom. The maximum atomic E-state index is 14.7. The molecule has 2 aromatic heterocycles. The van der Waals surface area contributed by atoms with Crippen molar-refractivity contribution in [2.45, 2.75) is 0 Å². The van der Waals surface area contributed by atoms with Gasteiger partial charge in [-0.3, -0.25) is 0 Å². The minimum atomic E-state index is -0.940. The molecule has 7 nitrogen and oxygen atoms in total. The van der Waals surface area contributed by atoms with E-state index < -0.39 is 17.4 Å². The van der Waals surface area contributed by atoms with Crippen molar-refractivity contribution in [1.29, 1.82) is 0 Å². The summed E-state index contributed by atoms with van der Waals surface area (Å²) in [5.74, 6) is -0.524. The van der Waals surface area contributed by atoms with E-state index in [9.17, 15) is 13.9 Å². The van der Waals surface area contributed by atoms with Gasteiger partial charge in [0.1, 0.15) is 47.8 Å². The number of benzene rings is 2. The lowest BCUT2D eigenvalue weighted by atomic mass is 10.1. The second kappa shape index (κ2) is 7.35. The summed E-state index contributed by atoms with van der Waals surface area (Å²) >= 11 is 0. The summed E-state index contributed by atoms with van der Waals surface area (Å²) in [6.07, 6.45) is 0. The molecular weight excluding hydrogens is 408 g/mol. The van der Waals surface area contributed by atoms with Crippen molar-refractivity contribution in [3.05, 3.63) is 60.2 Å². The normalized spacial score (nSPS) is 12.7. The molecule has 4 aromatic rings. The summed E-state index contributed by atoms with van der Waals surface area (Å²) < 4.78 is 47.6. The third-order valence-corrected chi connectivity index (χ3v) is 4.89. The fourth-order valence-electron chi connectivity index (χ4n) is 3.56. The largest absolute Gasteiger partial charge is 0.508 e. The number of hydrogen-bond acceptors (Lipinski definition) is 6. The van der Waals surface area contributed by atoms with Gasteiger partial charge < -0.3 is 24.6 Å². The summed E-state index contributed by atoms with van der Waals surface area (Å²) in [5, 5.41) is 12.7. The van der Waals surface area contributed by atoms with Gasteiger partial charge in [-0.1, -0.05) is 6.07 Å². The van der Waals surface area contributed by atoms with Gasteiger partial charge in [0.2, 0.25) is 5.88 Å². The number of anilines is 2. The first-order valence-electron chi connectivity index (χ1n) is 9.45. The van der Waals surface area contributed by atoms with Gasteiger partial charge in [-0.05, 0) is 24.3 Å². The molecule has 5 rings (SSSR count). The molecule has 0 fully saturated rings. The van der Waals surface area contributed by atoms with E-state index in [1.165, 1.54) is 7.11 Å². The number of aromatic nitrogens is 2. The highest BCUT2D eigenvalue weighted by atomic mass is 19.1. The average Bonchev–Trinajstić information content (AvgIpc) is 3.11. The van der Waals surface area contributed by atoms with Crippen molar-refractivity contribution in [2.75, 3.05) is 25.6 Å². The van der Waals surface area contributed by atoms with Crippen LogP contribution in [0.2, 0.25) is 0 Å². The van der Waals surface area contributed by atoms with Gasteiger partial charge in [-0.2, -0.15) is 0 Å². The lowest BCUT2D eigenvalue weighted by Crippen LogP contribution is -2.15. The number of pyridine rings is 1. The molecule has 0 saturated heterocycles. The van der Waals surface area contributed by atoms with Crippen LogP contribution < -0.4 is 19.5 Å². The Morgan fingerprint density at radius 3 is 2.52 bits per heavy atom. The number of methoxy groups -OCH3 is 1. The minimum absolute atomic E-state index is 0.0226. The van der Waals surface area contributed by atoms with Crippen LogP contribution in [0, 0.1) is 11.6 Å². The second-order valence-corrected chi connectivity index (χ2v) is 6.84. The molecule has 0 bridgehead atoms. The number of aromatic hydroxyl groups is 1. The molecule has 0 aliphatic carbocycles. The van der Waals surface area contributed by atoms with Gasteiger partial charge in [0.05, 0.1) is 12.7 Å². The molecule has 31 heavy (non-hydrogen) atoms. The highest BCUT2D eigenvalue weighted by molar-refractivity contribution is 5.81. The van der Waals surface area contributed by atoms with E-state index in [1.807, 2.05) is 0 Å². The highest BCUT2D eigenvalue weighted by Crippen LogP contribution is 2.39. The zero-order valence-electron chi connectivity index (χ0n) is 16.4. The third kappa shape index (κ3) is 3.24. The molecule has 2 aromatic carbocycles. The number of nitrogens with zero attached hydrogens (tertiary/aromatic N) is 2. The summed E-state index contributed by atoms with van der Waals surface area (Å²) in [5.41, 5.74) is 0.664. The quantitative estimate of drug-likeness (QED) is 0.501. The van der Waals surface area contributed by atoms with Crippen LogP contribution >= 0.6 is 0 Å². The van der Waals surface area contributed by atoms with E-state index in [1.54, 1.807) is 40.8 Å². The van der Waals surface area contributed by atoms with Crippen LogP contribution in [-0.4, -0.2) is 34.8 Å². The molecule has 1 aliphatic heterocycles. The Morgan fingerprint density at radius 2 is 1.77 bits per heavy atom. The van der Waals surface area contributed by atoms with Crippen molar-refractivity contribution in [2.24, 2.45) is 0 Å². The smallest absolute Gasteiger partial charge is 0.200 e. The Bertz CT molecular complexity index is 1280. The van der Waals surface area contributed by atoms with E-state index in [0.29, 0.717) is 41.9 Å². The summed E-state index contributed by atoms with van der Waals surface area (Å²) in [6, 6.07) is 12.0. The number of fused-ring (bicyclic) bond motifs is 2. The number of halogens is 2. The van der Waals surface area contributed by atoms with Crippen LogP contribution in [0.5, 0.6) is 23.1 Å². The monoisotopic (exact) mass is 425 g/mol. The standard InChI is InChI=1S/C22H17F2N3O4/c1-29-19-4-2-3-18-26-21(20-14(23)10-13(28)11-15(20)24)22(27(18)19)25-12-5-6-16-17(9-12)31-8-7-30-16/h2-6,9-11,25,28H,7-8H2,1H3. The van der Waals surface area contributed by atoms with Crippen molar-refractivity contribution >= 4 is 17.2 Å². The first-order valence-corrected chi connectivity index (χ1v) is 9.45. The second-order valence-electron chi connectivity index (χ2n) is 6.84. The van der Waals surface area contributed by atoms with E-state index in [-0.39, 0.29) is 17.1 Å². The number of imidazole rings is 1. The van der Waals surface area contributed by atoms with Crippen LogP contribution in [0.4, 0.5) is 20.3 Å². The number of hydrogen-bond donors (Lipinski definition) is 2. The van der Waals surface area contributed by atoms with Crippen LogP contribution in [-0.2, 0) is 0 Å². The van der Waals surface area contributed by atoms with Crippen molar-refractivity contribution < 1.29 is 28.1 Å². The molecular formula is C22H17F2N3O4. The average molecular weight is 425 g/mol. The molecule has 1 aliphatic rings. The number of phenols is 1. The number of ether oxygens (including phenoxy) is 3. The van der Waals surface area contributed by atoms with Gasteiger partial charge in [-0.15, -0.1) is 0 Å². The molecule has 9 heteroatoms. The first kappa shape index (κ1) is 19.0. The zero-order valence-corrected chi connectivity index (χ0v) is 16.4. The third-order valence-electron chi connectivity index (χ3n) is 4.89. The summed E-state index contributed by atoms with van der Waals surface area (Å²) in [7, 11) is 1.49. The molecule has 0 spiro atoms.